The third kappa shape index (κ3) is 10.1. The summed E-state index contributed by atoms with van der Waals surface area (Å²) in [5.41, 5.74) is 0.364. The van der Waals surface area contributed by atoms with Crippen molar-refractivity contribution in [1.29, 1.82) is 0 Å². The van der Waals surface area contributed by atoms with E-state index in [1.807, 2.05) is 21.1 Å². The van der Waals surface area contributed by atoms with Gasteiger partial charge in [-0.15, -0.1) is 0 Å². The van der Waals surface area contributed by atoms with Gasteiger partial charge in [0.15, 0.2) is 0 Å². The molecule has 0 aliphatic heterocycles. The molecule has 0 bridgehead atoms. The molecule has 2 N–H and O–H groups in total. The first-order chi connectivity index (χ1) is 8.93. The van der Waals surface area contributed by atoms with Crippen molar-refractivity contribution in [3.8, 4) is 0 Å². The molecule has 0 fully saturated rings. The maximum atomic E-state index is 11.7. The zero-order chi connectivity index (χ0) is 16.0. The molecule has 0 heterocycles. The highest BCUT2D eigenvalue weighted by Crippen LogP contribution is 2.44. The molecule has 20 heavy (non-hydrogen) atoms. The molecule has 2 unspecified atom stereocenters. The Morgan fingerprint density at radius 1 is 1.45 bits per heavy atom. The van der Waals surface area contributed by atoms with E-state index in [0.717, 1.165) is 0 Å². The summed E-state index contributed by atoms with van der Waals surface area (Å²) in [6.45, 7) is 7.43. The van der Waals surface area contributed by atoms with Crippen molar-refractivity contribution in [2.75, 3.05) is 40.8 Å². The molecule has 7 nitrogen and oxygen atoms in total. The van der Waals surface area contributed by atoms with Crippen molar-refractivity contribution in [2.45, 2.75) is 20.0 Å². The van der Waals surface area contributed by atoms with Crippen molar-refractivity contribution in [3.05, 3.63) is 12.2 Å². The molecule has 0 rings (SSSR count). The van der Waals surface area contributed by atoms with Gasteiger partial charge in [0, 0.05) is 12.1 Å². The molecular formula is C12H26N2O5P+. The molecule has 0 aliphatic carbocycles. The average Bonchev–Trinajstić information content (AvgIpc) is 2.22. The second-order valence-electron chi connectivity index (χ2n) is 5.72. The van der Waals surface area contributed by atoms with Gasteiger partial charge in [0.1, 0.15) is 13.2 Å². The van der Waals surface area contributed by atoms with Crippen LogP contribution in [-0.4, -0.2) is 62.2 Å². The van der Waals surface area contributed by atoms with Crippen LogP contribution in [0.1, 0.15) is 13.8 Å². The van der Waals surface area contributed by atoms with Crippen LogP contribution in [0.3, 0.4) is 0 Å². The predicted octanol–water partition coefficient (Wildman–Crippen LogP) is 0.907. The Labute approximate surface area is 120 Å². The van der Waals surface area contributed by atoms with E-state index >= 15 is 0 Å². The molecule has 0 aromatic rings. The van der Waals surface area contributed by atoms with E-state index < -0.39 is 13.9 Å². The van der Waals surface area contributed by atoms with Gasteiger partial charge in [0.25, 0.3) is 0 Å². The van der Waals surface area contributed by atoms with E-state index in [2.05, 4.69) is 11.9 Å². The van der Waals surface area contributed by atoms with Gasteiger partial charge in [0.05, 0.1) is 27.2 Å². The van der Waals surface area contributed by atoms with Crippen LogP contribution >= 0.6 is 7.82 Å². The van der Waals surface area contributed by atoms with Crippen LogP contribution in [0.4, 0.5) is 0 Å². The number of hydrogen-bond acceptors (Lipinski definition) is 4. The zero-order valence-electron chi connectivity index (χ0n) is 12.9. The smallest absolute Gasteiger partial charge is 0.350 e. The number of phosphoric ester groups is 1. The van der Waals surface area contributed by atoms with E-state index in [4.69, 9.17) is 9.05 Å². The van der Waals surface area contributed by atoms with Gasteiger partial charge in [-0.3, -0.25) is 13.8 Å². The lowest BCUT2D eigenvalue weighted by Crippen LogP contribution is -2.37. The van der Waals surface area contributed by atoms with Crippen molar-refractivity contribution < 1.29 is 27.8 Å². The predicted molar refractivity (Wildman–Crippen MR) is 77.0 cm³/mol. The lowest BCUT2D eigenvalue weighted by atomic mass is 10.3. The fourth-order valence-corrected chi connectivity index (χ4v) is 2.02. The summed E-state index contributed by atoms with van der Waals surface area (Å²) in [6.07, 6.45) is -0.641. The molecule has 2 atom stereocenters. The second-order valence-corrected chi connectivity index (χ2v) is 7.13. The molecule has 0 aliphatic rings. The van der Waals surface area contributed by atoms with E-state index in [1.165, 1.54) is 0 Å². The van der Waals surface area contributed by atoms with E-state index in [1.54, 1.807) is 13.8 Å². The normalized spacial score (nSPS) is 16.3. The first-order valence-electron chi connectivity index (χ1n) is 6.33. The molecular weight excluding hydrogens is 283 g/mol. The number of rotatable bonds is 9. The SMILES string of the molecule is C=C(C)C(=O)NCC(C)OP(=O)(O)OCC[N+](C)(C)C. The molecule has 0 saturated heterocycles. The van der Waals surface area contributed by atoms with Gasteiger partial charge in [0.2, 0.25) is 5.91 Å². The van der Waals surface area contributed by atoms with Crippen molar-refractivity contribution >= 4 is 13.7 Å². The summed E-state index contributed by atoms with van der Waals surface area (Å²) in [6, 6.07) is 0. The van der Waals surface area contributed by atoms with Crippen LogP contribution in [0.5, 0.6) is 0 Å². The fourth-order valence-electron chi connectivity index (χ4n) is 1.11. The number of carbonyl (C=O) groups excluding carboxylic acids is 1. The van der Waals surface area contributed by atoms with Gasteiger partial charge < -0.3 is 14.7 Å². The van der Waals surface area contributed by atoms with Crippen LogP contribution in [-0.2, 0) is 18.4 Å². The molecule has 0 saturated carbocycles. The number of nitrogens with one attached hydrogen (secondary N) is 1. The van der Waals surface area contributed by atoms with Crippen LogP contribution in [0.15, 0.2) is 12.2 Å². The van der Waals surface area contributed by atoms with Gasteiger partial charge in [-0.05, 0) is 13.8 Å². The number of nitrogens with zero attached hydrogens (tertiary/aromatic N) is 1. The molecule has 0 aromatic heterocycles. The first kappa shape index (κ1) is 19.3. The highest BCUT2D eigenvalue weighted by molar-refractivity contribution is 7.47. The number of hydrogen-bond donors (Lipinski definition) is 2. The number of amides is 1. The Kier molecular flexibility index (Phi) is 7.62. The molecule has 8 heteroatoms. The van der Waals surface area contributed by atoms with Gasteiger partial charge >= 0.3 is 7.82 Å². The van der Waals surface area contributed by atoms with Crippen LogP contribution in [0, 0.1) is 0 Å². The molecule has 118 valence electrons. The number of phosphoric acid groups is 1. The minimum absolute atomic E-state index is 0.106. The first-order valence-corrected chi connectivity index (χ1v) is 7.82. The summed E-state index contributed by atoms with van der Waals surface area (Å²) in [5.74, 6) is -0.320. The van der Waals surface area contributed by atoms with E-state index in [0.29, 0.717) is 16.6 Å². The second kappa shape index (κ2) is 7.90. The summed E-state index contributed by atoms with van der Waals surface area (Å²) in [4.78, 5) is 20.8. The minimum atomic E-state index is -4.10. The Morgan fingerprint density at radius 2 is 2.00 bits per heavy atom. The van der Waals surface area contributed by atoms with E-state index in [9.17, 15) is 14.3 Å². The van der Waals surface area contributed by atoms with Gasteiger partial charge in [-0.25, -0.2) is 4.57 Å². The summed E-state index contributed by atoms with van der Waals surface area (Å²) in [5, 5.41) is 2.53. The van der Waals surface area contributed by atoms with Crippen molar-refractivity contribution in [2.24, 2.45) is 0 Å². The Hall–Kier alpha value is -0.720. The van der Waals surface area contributed by atoms with Gasteiger partial charge in [-0.1, -0.05) is 6.58 Å². The Bertz CT molecular complexity index is 392. The molecule has 1 amide bonds. The van der Waals surface area contributed by atoms with Crippen LogP contribution in [0.25, 0.3) is 0 Å². The van der Waals surface area contributed by atoms with Gasteiger partial charge in [-0.2, -0.15) is 0 Å². The third-order valence-corrected chi connectivity index (χ3v) is 3.40. The third-order valence-electron chi connectivity index (χ3n) is 2.27. The minimum Gasteiger partial charge on any atom is -0.350 e. The maximum absolute atomic E-state index is 11.7. The highest BCUT2D eigenvalue weighted by atomic mass is 31.2. The Morgan fingerprint density at radius 3 is 2.45 bits per heavy atom. The zero-order valence-corrected chi connectivity index (χ0v) is 13.8. The average molecular weight is 309 g/mol. The highest BCUT2D eigenvalue weighted by Gasteiger charge is 2.25. The largest absolute Gasteiger partial charge is 0.472 e. The summed E-state index contributed by atoms with van der Waals surface area (Å²) >= 11 is 0. The number of quaternary nitrogens is 1. The summed E-state index contributed by atoms with van der Waals surface area (Å²) < 4.78 is 22.1. The lowest BCUT2D eigenvalue weighted by Gasteiger charge is -2.24. The topological polar surface area (TPSA) is 84.9 Å². The molecule has 0 aromatic carbocycles. The standard InChI is InChI=1S/C12H25N2O5P/c1-10(2)12(15)13-9-11(3)19-20(16,17)18-8-7-14(4,5)6/h11H,1,7-9H2,2-6H3,(H-,13,15,16,17)/p+1. The van der Waals surface area contributed by atoms with Crippen molar-refractivity contribution in [1.82, 2.24) is 5.32 Å². The molecule has 0 radical (unpaired) electrons. The van der Waals surface area contributed by atoms with E-state index in [-0.39, 0.29) is 19.1 Å². The van der Waals surface area contributed by atoms with Crippen LogP contribution in [0.2, 0.25) is 0 Å². The quantitative estimate of drug-likeness (QED) is 0.376. The molecule has 0 spiro atoms. The van der Waals surface area contributed by atoms with Crippen LogP contribution < -0.4 is 5.32 Å². The monoisotopic (exact) mass is 309 g/mol. The maximum Gasteiger partial charge on any atom is 0.472 e. The fraction of sp³-hybridized carbons (Fsp3) is 0.750. The van der Waals surface area contributed by atoms with Crippen molar-refractivity contribution in [3.63, 3.8) is 0 Å². The summed E-state index contributed by atoms with van der Waals surface area (Å²) in [7, 11) is 1.74. The lowest BCUT2D eigenvalue weighted by molar-refractivity contribution is -0.870. The number of likely N-dealkylation sites (N-methyl/N-ethyl adjacent to an activating group) is 1. The Balaban J connectivity index is 4.09. The number of carbonyl (C=O) groups is 1.